The number of tetrazole rings is 1. The van der Waals surface area contributed by atoms with E-state index >= 15 is 0 Å². The van der Waals surface area contributed by atoms with E-state index in [0.717, 1.165) is 16.7 Å². The summed E-state index contributed by atoms with van der Waals surface area (Å²) in [5.41, 5.74) is 2.13. The second-order valence-electron chi connectivity index (χ2n) is 4.63. The zero-order chi connectivity index (χ0) is 15.2. The maximum absolute atomic E-state index is 4.02. The van der Waals surface area contributed by atoms with Gasteiger partial charge in [-0.05, 0) is 40.3 Å². The van der Waals surface area contributed by atoms with E-state index < -0.39 is 0 Å². The minimum atomic E-state index is 0.669. The van der Waals surface area contributed by atoms with Gasteiger partial charge in [0, 0.05) is 23.3 Å². The number of hydrogen-bond donors (Lipinski definition) is 1. The highest BCUT2D eigenvalue weighted by molar-refractivity contribution is 9.10. The molecule has 1 N–H and O–H groups in total. The van der Waals surface area contributed by atoms with E-state index in [2.05, 4.69) is 48.9 Å². The fourth-order valence-corrected chi connectivity index (χ4v) is 2.23. The molecule has 0 amide bonds. The molecule has 3 rings (SSSR count). The first-order valence-corrected chi connectivity index (χ1v) is 7.60. The van der Waals surface area contributed by atoms with Crippen LogP contribution in [0.3, 0.4) is 0 Å². The Labute approximate surface area is 136 Å². The summed E-state index contributed by atoms with van der Waals surface area (Å²) in [6, 6.07) is 18.0. The quantitative estimate of drug-likeness (QED) is 0.763. The van der Waals surface area contributed by atoms with Crippen molar-refractivity contribution in [2.45, 2.75) is 6.54 Å². The van der Waals surface area contributed by atoms with Gasteiger partial charge in [-0.1, -0.05) is 46.3 Å². The normalized spacial score (nSPS) is 11.0. The topological polar surface area (TPSA) is 55.6 Å². The van der Waals surface area contributed by atoms with Gasteiger partial charge in [-0.3, -0.25) is 0 Å². The van der Waals surface area contributed by atoms with Crippen LogP contribution in [0.15, 0.2) is 65.3 Å². The van der Waals surface area contributed by atoms with Gasteiger partial charge in [-0.25, -0.2) is 0 Å². The Morgan fingerprint density at radius 1 is 1.05 bits per heavy atom. The first-order valence-electron chi connectivity index (χ1n) is 6.81. The highest BCUT2D eigenvalue weighted by atomic mass is 79.9. The Balaban J connectivity index is 1.67. The third-order valence-electron chi connectivity index (χ3n) is 3.06. The van der Waals surface area contributed by atoms with Crippen molar-refractivity contribution < 1.29 is 0 Å². The SMILES string of the molecule is Brc1ccc(-n2nnnc2/C=C/NCc2ccccc2)cc1. The van der Waals surface area contributed by atoms with Crippen LogP contribution in [0.4, 0.5) is 0 Å². The van der Waals surface area contributed by atoms with Crippen molar-refractivity contribution >= 4 is 22.0 Å². The monoisotopic (exact) mass is 355 g/mol. The molecule has 110 valence electrons. The number of rotatable bonds is 5. The van der Waals surface area contributed by atoms with E-state index in [0.29, 0.717) is 5.82 Å². The molecule has 6 heteroatoms. The summed E-state index contributed by atoms with van der Waals surface area (Å²) in [5, 5.41) is 15.0. The summed E-state index contributed by atoms with van der Waals surface area (Å²) in [6.07, 6.45) is 3.71. The number of halogens is 1. The van der Waals surface area contributed by atoms with Crippen LogP contribution < -0.4 is 5.32 Å². The third-order valence-corrected chi connectivity index (χ3v) is 3.59. The molecule has 5 nitrogen and oxygen atoms in total. The maximum atomic E-state index is 4.02. The van der Waals surface area contributed by atoms with Gasteiger partial charge < -0.3 is 5.32 Å². The van der Waals surface area contributed by atoms with E-state index in [1.807, 2.05) is 54.7 Å². The lowest BCUT2D eigenvalue weighted by Gasteiger charge is -2.02. The van der Waals surface area contributed by atoms with Crippen molar-refractivity contribution in [3.8, 4) is 5.69 Å². The summed E-state index contributed by atoms with van der Waals surface area (Å²) >= 11 is 3.42. The molecule has 0 aliphatic rings. The Morgan fingerprint density at radius 2 is 1.82 bits per heavy atom. The first kappa shape index (κ1) is 14.5. The van der Waals surface area contributed by atoms with Crippen LogP contribution in [0.5, 0.6) is 0 Å². The number of hydrogen-bond acceptors (Lipinski definition) is 4. The molecule has 0 aliphatic heterocycles. The molecule has 0 saturated carbocycles. The van der Waals surface area contributed by atoms with E-state index in [9.17, 15) is 0 Å². The van der Waals surface area contributed by atoms with Crippen LogP contribution in [0.25, 0.3) is 11.8 Å². The van der Waals surface area contributed by atoms with E-state index in [4.69, 9.17) is 0 Å². The van der Waals surface area contributed by atoms with Crippen LogP contribution >= 0.6 is 15.9 Å². The van der Waals surface area contributed by atoms with Gasteiger partial charge in [-0.15, -0.1) is 5.10 Å². The maximum Gasteiger partial charge on any atom is 0.181 e. The van der Waals surface area contributed by atoms with Crippen molar-refractivity contribution in [1.82, 2.24) is 25.5 Å². The van der Waals surface area contributed by atoms with Gasteiger partial charge in [0.2, 0.25) is 0 Å². The van der Waals surface area contributed by atoms with Crippen molar-refractivity contribution in [3.63, 3.8) is 0 Å². The van der Waals surface area contributed by atoms with Gasteiger partial charge in [-0.2, -0.15) is 4.68 Å². The van der Waals surface area contributed by atoms with Gasteiger partial charge in [0.1, 0.15) is 0 Å². The van der Waals surface area contributed by atoms with E-state index in [1.54, 1.807) is 4.68 Å². The van der Waals surface area contributed by atoms with Gasteiger partial charge in [0.05, 0.1) is 5.69 Å². The Morgan fingerprint density at radius 3 is 2.59 bits per heavy atom. The van der Waals surface area contributed by atoms with Gasteiger partial charge in [0.15, 0.2) is 5.82 Å². The highest BCUT2D eigenvalue weighted by Crippen LogP contribution is 2.14. The van der Waals surface area contributed by atoms with Gasteiger partial charge in [0.25, 0.3) is 0 Å². The molecular formula is C16H14BrN5. The van der Waals surface area contributed by atoms with E-state index in [-0.39, 0.29) is 0 Å². The molecule has 0 atom stereocenters. The largest absolute Gasteiger partial charge is 0.387 e. The fraction of sp³-hybridized carbons (Fsp3) is 0.0625. The number of nitrogens with one attached hydrogen (secondary N) is 1. The molecule has 0 unspecified atom stereocenters. The summed E-state index contributed by atoms with van der Waals surface area (Å²) in [6.45, 7) is 0.761. The molecule has 22 heavy (non-hydrogen) atoms. The molecule has 0 bridgehead atoms. The Kier molecular flexibility index (Phi) is 4.60. The average Bonchev–Trinajstić information content (AvgIpc) is 3.02. The smallest absolute Gasteiger partial charge is 0.181 e. The molecule has 3 aromatic rings. The van der Waals surface area contributed by atoms with Crippen LogP contribution in [0.2, 0.25) is 0 Å². The molecular weight excluding hydrogens is 342 g/mol. The molecule has 2 aromatic carbocycles. The summed E-state index contributed by atoms with van der Waals surface area (Å²) in [7, 11) is 0. The number of benzene rings is 2. The zero-order valence-electron chi connectivity index (χ0n) is 11.7. The second-order valence-corrected chi connectivity index (χ2v) is 5.54. The summed E-state index contributed by atoms with van der Waals surface area (Å²) < 4.78 is 2.71. The Bertz CT molecular complexity index is 750. The van der Waals surface area contributed by atoms with Crippen LogP contribution in [0, 0.1) is 0 Å². The lowest BCUT2D eigenvalue weighted by molar-refractivity contribution is 0.786. The first-order chi connectivity index (χ1) is 10.8. The summed E-state index contributed by atoms with van der Waals surface area (Å²) in [5.74, 6) is 0.669. The standard InChI is InChI=1S/C16H14BrN5/c17-14-6-8-15(9-7-14)22-16(19-20-21-22)10-11-18-12-13-4-2-1-3-5-13/h1-11,18H,12H2/b11-10+. The molecule has 0 fully saturated rings. The molecule has 0 radical (unpaired) electrons. The van der Waals surface area contributed by atoms with Crippen molar-refractivity contribution in [3.05, 3.63) is 76.7 Å². The minimum Gasteiger partial charge on any atom is -0.387 e. The molecule has 1 heterocycles. The zero-order valence-corrected chi connectivity index (χ0v) is 13.3. The lowest BCUT2D eigenvalue weighted by Crippen LogP contribution is -2.05. The Hall–Kier alpha value is -2.47. The molecule has 0 saturated heterocycles. The van der Waals surface area contributed by atoms with Crippen LogP contribution in [-0.2, 0) is 6.54 Å². The van der Waals surface area contributed by atoms with Crippen molar-refractivity contribution in [1.29, 1.82) is 0 Å². The van der Waals surface area contributed by atoms with Crippen LogP contribution in [-0.4, -0.2) is 20.2 Å². The third kappa shape index (κ3) is 3.59. The molecule has 0 aliphatic carbocycles. The van der Waals surface area contributed by atoms with Gasteiger partial charge >= 0.3 is 0 Å². The lowest BCUT2D eigenvalue weighted by atomic mass is 10.2. The van der Waals surface area contributed by atoms with E-state index in [1.165, 1.54) is 5.56 Å². The van der Waals surface area contributed by atoms with Crippen molar-refractivity contribution in [2.24, 2.45) is 0 Å². The fourth-order valence-electron chi connectivity index (χ4n) is 1.97. The van der Waals surface area contributed by atoms with Crippen LogP contribution in [0.1, 0.15) is 11.4 Å². The predicted molar refractivity (Wildman–Crippen MR) is 89.2 cm³/mol. The minimum absolute atomic E-state index is 0.669. The average molecular weight is 356 g/mol. The summed E-state index contributed by atoms with van der Waals surface area (Å²) in [4.78, 5) is 0. The number of nitrogens with zero attached hydrogens (tertiary/aromatic N) is 4. The second kappa shape index (κ2) is 7.00. The predicted octanol–water partition coefficient (Wildman–Crippen LogP) is 3.19. The number of aromatic nitrogens is 4. The molecule has 0 spiro atoms. The highest BCUT2D eigenvalue weighted by Gasteiger charge is 2.04. The molecule has 1 aromatic heterocycles. The van der Waals surface area contributed by atoms with Crippen molar-refractivity contribution in [2.75, 3.05) is 0 Å².